The Kier molecular flexibility index (Phi) is 4.37. The number of hydrogen-bond donors (Lipinski definition) is 2. The number of rotatable bonds is 4. The Morgan fingerprint density at radius 2 is 2.00 bits per heavy atom. The highest BCUT2D eigenvalue weighted by Crippen LogP contribution is 2.29. The number of primary amides is 1. The Morgan fingerprint density at radius 3 is 2.60 bits per heavy atom. The minimum absolute atomic E-state index is 0.192. The van der Waals surface area contributed by atoms with Crippen LogP contribution in [0, 0.1) is 5.82 Å². The summed E-state index contributed by atoms with van der Waals surface area (Å²) in [4.78, 5) is 11.2. The van der Waals surface area contributed by atoms with Gasteiger partial charge in [-0.1, -0.05) is 35.9 Å². The summed E-state index contributed by atoms with van der Waals surface area (Å²) >= 11 is 5.91. The molecule has 0 radical (unpaired) electrons. The Morgan fingerprint density at radius 1 is 1.30 bits per heavy atom. The lowest BCUT2D eigenvalue weighted by molar-refractivity contribution is 0.0996. The molecule has 1 amide bonds. The van der Waals surface area contributed by atoms with Crippen LogP contribution < -0.4 is 5.73 Å². The molecular weight excluding hydrogens is 281 g/mol. The number of halogens is 2. The van der Waals surface area contributed by atoms with Gasteiger partial charge in [-0.15, -0.1) is 0 Å². The Balaban J connectivity index is 2.53. The molecule has 0 aliphatic rings. The highest BCUT2D eigenvalue weighted by molar-refractivity contribution is 6.30. The van der Waals surface area contributed by atoms with Crippen molar-refractivity contribution in [2.75, 3.05) is 6.61 Å². The quantitative estimate of drug-likeness (QED) is 0.910. The van der Waals surface area contributed by atoms with E-state index in [9.17, 15) is 14.3 Å². The van der Waals surface area contributed by atoms with Crippen LogP contribution in [-0.2, 0) is 0 Å². The van der Waals surface area contributed by atoms with Gasteiger partial charge in [-0.2, -0.15) is 0 Å². The maximum Gasteiger partial charge on any atom is 0.251 e. The van der Waals surface area contributed by atoms with Crippen LogP contribution in [0.4, 0.5) is 4.39 Å². The van der Waals surface area contributed by atoms with E-state index >= 15 is 0 Å². The average Bonchev–Trinajstić information content (AvgIpc) is 2.41. The van der Waals surface area contributed by atoms with Crippen LogP contribution in [0.1, 0.15) is 27.4 Å². The van der Waals surface area contributed by atoms with Crippen LogP contribution >= 0.6 is 11.6 Å². The number of aliphatic hydroxyl groups excluding tert-OH is 1. The number of benzene rings is 2. The molecule has 0 spiro atoms. The van der Waals surface area contributed by atoms with Gasteiger partial charge in [0.2, 0.25) is 0 Å². The second-order valence-corrected chi connectivity index (χ2v) is 4.80. The molecule has 20 heavy (non-hydrogen) atoms. The molecule has 0 aromatic heterocycles. The van der Waals surface area contributed by atoms with Crippen molar-refractivity contribution in [1.82, 2.24) is 0 Å². The fraction of sp³-hybridized carbons (Fsp3) is 0.133. The summed E-state index contributed by atoms with van der Waals surface area (Å²) < 4.78 is 14.3. The van der Waals surface area contributed by atoms with Gasteiger partial charge in [-0.3, -0.25) is 4.79 Å². The lowest BCUT2D eigenvalue weighted by Crippen LogP contribution is -2.16. The Labute approximate surface area is 120 Å². The maximum absolute atomic E-state index is 14.3. The van der Waals surface area contributed by atoms with Gasteiger partial charge in [0.1, 0.15) is 5.82 Å². The van der Waals surface area contributed by atoms with Crippen LogP contribution in [0.25, 0.3) is 0 Å². The van der Waals surface area contributed by atoms with Crippen LogP contribution in [0.3, 0.4) is 0 Å². The van der Waals surface area contributed by atoms with Crippen molar-refractivity contribution in [3.05, 3.63) is 70.0 Å². The molecule has 104 valence electrons. The van der Waals surface area contributed by atoms with Gasteiger partial charge in [0.25, 0.3) is 5.91 Å². The molecule has 0 bridgehead atoms. The molecular formula is C15H13ClFNO2. The minimum Gasteiger partial charge on any atom is -0.395 e. The molecule has 2 aromatic rings. The molecule has 0 aliphatic carbocycles. The summed E-state index contributed by atoms with van der Waals surface area (Å²) in [6.45, 7) is -0.306. The normalized spacial score (nSPS) is 12.2. The highest BCUT2D eigenvalue weighted by Gasteiger charge is 2.21. The van der Waals surface area contributed by atoms with E-state index in [1.165, 1.54) is 18.2 Å². The average molecular weight is 294 g/mol. The smallest absolute Gasteiger partial charge is 0.251 e. The molecule has 2 aromatic carbocycles. The third-order valence-electron chi connectivity index (χ3n) is 3.10. The van der Waals surface area contributed by atoms with E-state index in [2.05, 4.69) is 0 Å². The second-order valence-electron chi connectivity index (χ2n) is 4.36. The molecule has 0 saturated heterocycles. The molecule has 3 nitrogen and oxygen atoms in total. The molecule has 0 heterocycles. The van der Waals surface area contributed by atoms with E-state index in [1.807, 2.05) is 0 Å². The first-order valence-electron chi connectivity index (χ1n) is 5.99. The van der Waals surface area contributed by atoms with E-state index in [0.717, 1.165) is 0 Å². The summed E-state index contributed by atoms with van der Waals surface area (Å²) in [7, 11) is 0. The fourth-order valence-corrected chi connectivity index (χ4v) is 2.31. The molecule has 3 N–H and O–H groups in total. The molecule has 2 rings (SSSR count). The minimum atomic E-state index is -0.841. The number of aliphatic hydroxyl groups is 1. The van der Waals surface area contributed by atoms with Crippen LogP contribution in [0.5, 0.6) is 0 Å². The van der Waals surface area contributed by atoms with Crippen molar-refractivity contribution < 1.29 is 14.3 Å². The van der Waals surface area contributed by atoms with Crippen LogP contribution in [0.15, 0.2) is 42.5 Å². The van der Waals surface area contributed by atoms with E-state index in [-0.39, 0.29) is 17.7 Å². The van der Waals surface area contributed by atoms with Crippen LogP contribution in [-0.4, -0.2) is 17.6 Å². The van der Waals surface area contributed by atoms with Gasteiger partial charge in [0.05, 0.1) is 12.2 Å². The van der Waals surface area contributed by atoms with E-state index in [4.69, 9.17) is 17.3 Å². The van der Waals surface area contributed by atoms with Crippen molar-refractivity contribution in [2.45, 2.75) is 5.92 Å². The van der Waals surface area contributed by atoms with Gasteiger partial charge in [-0.25, -0.2) is 4.39 Å². The highest BCUT2D eigenvalue weighted by atomic mass is 35.5. The molecule has 0 saturated carbocycles. The van der Waals surface area contributed by atoms with Gasteiger partial charge in [0, 0.05) is 10.9 Å². The molecule has 0 fully saturated rings. The first kappa shape index (κ1) is 14.5. The topological polar surface area (TPSA) is 63.3 Å². The van der Waals surface area contributed by atoms with Gasteiger partial charge in [0.15, 0.2) is 0 Å². The molecule has 0 aliphatic heterocycles. The van der Waals surface area contributed by atoms with Crippen molar-refractivity contribution >= 4 is 17.5 Å². The monoisotopic (exact) mass is 293 g/mol. The summed E-state index contributed by atoms with van der Waals surface area (Å²) in [5.41, 5.74) is 5.81. The Hall–Kier alpha value is -1.91. The van der Waals surface area contributed by atoms with Crippen molar-refractivity contribution in [1.29, 1.82) is 0 Å². The summed E-state index contributed by atoms with van der Waals surface area (Å²) in [5, 5.41) is 10.0. The van der Waals surface area contributed by atoms with Crippen molar-refractivity contribution in [3.63, 3.8) is 0 Å². The third kappa shape index (κ3) is 2.81. The zero-order valence-corrected chi connectivity index (χ0v) is 11.3. The molecule has 1 atom stereocenters. The zero-order valence-electron chi connectivity index (χ0n) is 10.5. The van der Waals surface area contributed by atoms with Gasteiger partial charge >= 0.3 is 0 Å². The van der Waals surface area contributed by atoms with Gasteiger partial charge < -0.3 is 10.8 Å². The number of hydrogen-bond acceptors (Lipinski definition) is 2. The zero-order chi connectivity index (χ0) is 14.7. The predicted molar refractivity (Wildman–Crippen MR) is 75.3 cm³/mol. The third-order valence-corrected chi connectivity index (χ3v) is 3.34. The number of carbonyl (C=O) groups excluding carboxylic acids is 1. The summed E-state index contributed by atoms with van der Waals surface area (Å²) in [5.74, 6) is -2.15. The van der Waals surface area contributed by atoms with Crippen molar-refractivity contribution in [2.24, 2.45) is 5.73 Å². The number of nitrogens with two attached hydrogens (primary N) is 1. The number of amides is 1. The Bertz CT molecular complexity index is 646. The summed E-state index contributed by atoms with van der Waals surface area (Å²) in [6, 6.07) is 11.2. The predicted octanol–water partition coefficient (Wildman–Crippen LogP) is 2.70. The standard InChI is InChI=1S/C15H13ClFNO2/c16-10-4-1-3-9(7-10)13(8-19)11-5-2-6-12(14(11)17)15(18)20/h1-7,13,19H,8H2,(H2,18,20)/t13-/m0/s1. The lowest BCUT2D eigenvalue weighted by Gasteiger charge is -2.17. The number of carbonyl (C=O) groups is 1. The van der Waals surface area contributed by atoms with Gasteiger partial charge in [-0.05, 0) is 29.3 Å². The fourth-order valence-electron chi connectivity index (χ4n) is 2.12. The largest absolute Gasteiger partial charge is 0.395 e. The first-order chi connectivity index (χ1) is 9.54. The maximum atomic E-state index is 14.3. The van der Waals surface area contributed by atoms with E-state index in [1.54, 1.807) is 24.3 Å². The van der Waals surface area contributed by atoms with Crippen LogP contribution in [0.2, 0.25) is 5.02 Å². The second kappa shape index (κ2) is 6.03. The lowest BCUT2D eigenvalue weighted by atomic mass is 9.90. The first-order valence-corrected chi connectivity index (χ1v) is 6.37. The van der Waals surface area contributed by atoms with E-state index in [0.29, 0.717) is 10.6 Å². The summed E-state index contributed by atoms with van der Waals surface area (Å²) in [6.07, 6.45) is 0. The van der Waals surface area contributed by atoms with Crippen molar-refractivity contribution in [3.8, 4) is 0 Å². The molecule has 0 unspecified atom stereocenters. The molecule has 5 heteroatoms. The van der Waals surface area contributed by atoms with E-state index < -0.39 is 17.6 Å². The SMILES string of the molecule is NC(=O)c1cccc([C@@H](CO)c2cccc(Cl)c2)c1F.